The maximum Gasteiger partial charge on any atom is 0.267 e. The van der Waals surface area contributed by atoms with E-state index in [1.54, 1.807) is 66.7 Å². The molecule has 4 aromatic carbocycles. The van der Waals surface area contributed by atoms with E-state index in [-0.39, 0.29) is 43.2 Å². The van der Waals surface area contributed by atoms with Gasteiger partial charge in [-0.25, -0.2) is 14.9 Å². The van der Waals surface area contributed by atoms with Crippen molar-refractivity contribution in [2.45, 2.75) is 94.1 Å². The molecule has 2 aliphatic heterocycles. The quantitative estimate of drug-likeness (QED) is 0.0761. The molecule has 2 aliphatic rings. The Morgan fingerprint density at radius 3 is 1.95 bits per heavy atom. The van der Waals surface area contributed by atoms with Crippen LogP contribution in [0.15, 0.2) is 88.8 Å². The monoisotopic (exact) mass is 865 g/mol. The van der Waals surface area contributed by atoms with Gasteiger partial charge in [0.05, 0.1) is 37.6 Å². The van der Waals surface area contributed by atoms with Gasteiger partial charge in [-0.1, -0.05) is 142 Å². The molecule has 2 N–H and O–H groups in total. The summed E-state index contributed by atoms with van der Waals surface area (Å²) in [6.07, 6.45) is 13.5. The molecule has 0 aliphatic carbocycles. The van der Waals surface area contributed by atoms with Gasteiger partial charge in [-0.05, 0) is 61.0 Å². The fourth-order valence-electron chi connectivity index (χ4n) is 6.82. The highest BCUT2D eigenvalue weighted by Crippen LogP contribution is 2.43. The number of hydrogen-bond donors (Lipinski definition) is 2. The number of para-hydroxylation sites is 1. The van der Waals surface area contributed by atoms with Gasteiger partial charge >= 0.3 is 0 Å². The van der Waals surface area contributed by atoms with Gasteiger partial charge in [-0.15, -0.1) is 11.8 Å². The summed E-state index contributed by atoms with van der Waals surface area (Å²) in [5.74, 6) is -1.38. The number of halogens is 4. The van der Waals surface area contributed by atoms with E-state index in [1.807, 2.05) is 0 Å². The molecule has 1 saturated heterocycles. The molecule has 1 unspecified atom stereocenters. The summed E-state index contributed by atoms with van der Waals surface area (Å²) < 4.78 is 0. The van der Waals surface area contributed by atoms with Crippen molar-refractivity contribution in [1.29, 1.82) is 0 Å². The molecule has 1 atom stereocenters. The molecule has 9 nitrogen and oxygen atoms in total. The molecule has 0 aromatic heterocycles. The minimum absolute atomic E-state index is 0.114. The number of hydrogen-bond acceptors (Lipinski definition) is 6. The molecule has 0 spiro atoms. The summed E-state index contributed by atoms with van der Waals surface area (Å²) >= 11 is 27.1. The Kier molecular flexibility index (Phi) is 15.0. The zero-order valence-electron chi connectivity index (χ0n) is 31.5. The van der Waals surface area contributed by atoms with Crippen LogP contribution in [0, 0.1) is 0 Å². The van der Waals surface area contributed by atoms with Crippen LogP contribution >= 0.6 is 58.2 Å². The standard InChI is InChI=1S/C43H43Cl4N5O4S/c1-2-3-4-5-6-7-8-9-10-11-12-21-37(53)48-28-22-23-31(45)34(26-28)49-40-39(43(56)52(50-40)38-32(46)24-27(44)25-33(38)47)57-36-20-16-15-19-35(36)51-41(54)29-17-13-14-18-30(29)42(51)55/h13-20,22-26,39H,2-12,21H2,1H3,(H,48,53)(H,49,50). The summed E-state index contributed by atoms with van der Waals surface area (Å²) in [6, 6.07) is 21.3. The van der Waals surface area contributed by atoms with Crippen molar-refractivity contribution in [3.63, 3.8) is 0 Å². The van der Waals surface area contributed by atoms with Crippen molar-refractivity contribution in [2.75, 3.05) is 15.2 Å². The fraction of sp³-hybridized carbons (Fsp3) is 0.326. The van der Waals surface area contributed by atoms with Gasteiger partial charge in [0.1, 0.15) is 16.8 Å². The Morgan fingerprint density at radius 2 is 1.32 bits per heavy atom. The first-order valence-corrected chi connectivity index (χ1v) is 21.6. The van der Waals surface area contributed by atoms with E-state index in [2.05, 4.69) is 17.7 Å². The summed E-state index contributed by atoms with van der Waals surface area (Å²) in [4.78, 5) is 60.7. The number of hydrazine groups is 1. The third-order valence-corrected chi connectivity index (χ3v) is 12.1. The lowest BCUT2D eigenvalue weighted by Gasteiger charge is -2.20. The normalized spacial score (nSPS) is 15.8. The van der Waals surface area contributed by atoms with Crippen molar-refractivity contribution in [3.8, 4) is 0 Å². The number of rotatable bonds is 18. The molecule has 6 rings (SSSR count). The Bertz CT molecular complexity index is 2120. The third-order valence-electron chi connectivity index (χ3n) is 9.75. The first-order chi connectivity index (χ1) is 27.6. The Labute approximate surface area is 357 Å². The number of benzene rings is 4. The number of anilines is 3. The average Bonchev–Trinajstić information content (AvgIpc) is 3.62. The van der Waals surface area contributed by atoms with E-state index in [4.69, 9.17) is 51.4 Å². The Balaban J connectivity index is 1.20. The molecular weight excluding hydrogens is 824 g/mol. The van der Waals surface area contributed by atoms with Crippen LogP contribution < -0.4 is 20.7 Å². The molecule has 1 fully saturated rings. The van der Waals surface area contributed by atoms with E-state index >= 15 is 0 Å². The van der Waals surface area contributed by atoms with Crippen molar-refractivity contribution in [3.05, 3.63) is 110 Å². The smallest absolute Gasteiger partial charge is 0.267 e. The summed E-state index contributed by atoms with van der Waals surface area (Å²) in [6.45, 7) is 2.23. The van der Waals surface area contributed by atoms with E-state index < -0.39 is 23.0 Å². The molecule has 0 radical (unpaired) electrons. The molecule has 57 heavy (non-hydrogen) atoms. The molecule has 4 aromatic rings. The fourth-order valence-corrected chi connectivity index (χ4v) is 9.08. The zero-order chi connectivity index (χ0) is 40.5. The molecular formula is C43H43Cl4N5O4S. The van der Waals surface area contributed by atoms with Gasteiger partial charge in [0, 0.05) is 22.0 Å². The number of imide groups is 1. The lowest BCUT2D eigenvalue weighted by atomic mass is 10.1. The summed E-state index contributed by atoms with van der Waals surface area (Å²) in [7, 11) is 0. The number of fused-ring (bicyclic) bond motifs is 1. The van der Waals surface area contributed by atoms with Gasteiger partial charge in [-0.2, -0.15) is 0 Å². The van der Waals surface area contributed by atoms with E-state index in [9.17, 15) is 19.2 Å². The highest BCUT2D eigenvalue weighted by atomic mass is 35.5. The number of unbranched alkanes of at least 4 members (excludes halogenated alkanes) is 10. The van der Waals surface area contributed by atoms with Gasteiger partial charge in [0.15, 0.2) is 0 Å². The highest BCUT2D eigenvalue weighted by Gasteiger charge is 2.43. The van der Waals surface area contributed by atoms with E-state index in [0.29, 0.717) is 33.8 Å². The molecule has 298 valence electrons. The molecule has 14 heteroatoms. The van der Waals surface area contributed by atoms with Crippen LogP contribution in [-0.4, -0.2) is 34.7 Å². The van der Waals surface area contributed by atoms with Crippen LogP contribution in [0.25, 0.3) is 0 Å². The van der Waals surface area contributed by atoms with Gasteiger partial charge in [-0.3, -0.25) is 24.6 Å². The number of nitrogens with one attached hydrogen (secondary N) is 2. The average molecular weight is 868 g/mol. The maximum absolute atomic E-state index is 14.4. The Hall–Kier alpha value is -4.06. The van der Waals surface area contributed by atoms with Crippen molar-refractivity contribution in [1.82, 2.24) is 5.43 Å². The molecule has 2 heterocycles. The van der Waals surface area contributed by atoms with Crippen LogP contribution in [0.3, 0.4) is 0 Å². The van der Waals surface area contributed by atoms with Crippen LogP contribution in [-0.2, 0) is 9.59 Å². The van der Waals surface area contributed by atoms with Gasteiger partial charge in [0.2, 0.25) is 5.91 Å². The van der Waals surface area contributed by atoms with E-state index in [1.165, 1.54) is 68.5 Å². The summed E-state index contributed by atoms with van der Waals surface area (Å²) in [5.41, 5.74) is 4.89. The first-order valence-electron chi connectivity index (χ1n) is 19.2. The lowest BCUT2D eigenvalue weighted by molar-refractivity contribution is -0.117. The molecule has 0 bridgehead atoms. The topological polar surface area (TPSA) is 111 Å². The van der Waals surface area contributed by atoms with Crippen molar-refractivity contribution in [2.24, 2.45) is 4.99 Å². The number of carbonyl (C=O) groups excluding carboxylic acids is 4. The third kappa shape index (κ3) is 10.3. The number of carbonyl (C=O) groups is 4. The number of amides is 4. The van der Waals surface area contributed by atoms with Gasteiger partial charge < -0.3 is 5.32 Å². The van der Waals surface area contributed by atoms with Crippen LogP contribution in [0.4, 0.5) is 22.7 Å². The first kappa shape index (κ1) is 42.5. The SMILES string of the molecule is CCCCCCCCCCCCCC(=O)Nc1ccc(Cl)c(N=C2NN(c3c(Cl)cc(Cl)cc3Cl)C(=O)C2Sc2ccccc2N2C(=O)c3ccccc3C2=O)c1. The second kappa shape index (κ2) is 20.1. The number of nitrogens with zero attached hydrogens (tertiary/aromatic N) is 3. The number of amidine groups is 1. The Morgan fingerprint density at radius 1 is 0.737 bits per heavy atom. The number of aliphatic imine (C=N–C) groups is 1. The summed E-state index contributed by atoms with van der Waals surface area (Å²) in [5, 5.41) is 3.87. The highest BCUT2D eigenvalue weighted by molar-refractivity contribution is 8.01. The predicted molar refractivity (Wildman–Crippen MR) is 234 cm³/mol. The lowest BCUT2D eigenvalue weighted by Crippen LogP contribution is -2.36. The second-order valence-corrected chi connectivity index (χ2v) is 16.8. The van der Waals surface area contributed by atoms with E-state index in [0.717, 1.165) is 35.9 Å². The minimum atomic E-state index is -1.06. The second-order valence-electron chi connectivity index (χ2n) is 14.0. The van der Waals surface area contributed by atoms with Crippen LogP contribution in [0.2, 0.25) is 20.1 Å². The predicted octanol–water partition coefficient (Wildman–Crippen LogP) is 12.5. The van der Waals surface area contributed by atoms with Crippen LogP contribution in [0.1, 0.15) is 105 Å². The van der Waals surface area contributed by atoms with Crippen molar-refractivity contribution >= 4 is 110 Å². The molecule has 0 saturated carbocycles. The van der Waals surface area contributed by atoms with Crippen LogP contribution in [0.5, 0.6) is 0 Å². The number of thioether (sulfide) groups is 1. The molecule has 4 amide bonds. The van der Waals surface area contributed by atoms with Gasteiger partial charge in [0.25, 0.3) is 17.7 Å². The maximum atomic E-state index is 14.4. The zero-order valence-corrected chi connectivity index (χ0v) is 35.3. The minimum Gasteiger partial charge on any atom is -0.326 e. The largest absolute Gasteiger partial charge is 0.326 e. The van der Waals surface area contributed by atoms with Crippen molar-refractivity contribution < 1.29 is 19.2 Å².